The zero-order valence-electron chi connectivity index (χ0n) is 17.3. The molecule has 0 fully saturated rings. The van der Waals surface area contributed by atoms with E-state index in [9.17, 15) is 13.2 Å². The van der Waals surface area contributed by atoms with Crippen molar-refractivity contribution in [3.63, 3.8) is 0 Å². The largest absolute Gasteiger partial charge is 0.495 e. The van der Waals surface area contributed by atoms with Gasteiger partial charge in [0.05, 0.1) is 13.7 Å². The number of benzene rings is 3. The molecule has 0 heterocycles. The van der Waals surface area contributed by atoms with E-state index in [1.165, 1.54) is 25.3 Å². The molecule has 0 saturated heterocycles. The van der Waals surface area contributed by atoms with Gasteiger partial charge in [0.1, 0.15) is 23.0 Å². The molecule has 7 nitrogen and oxygen atoms in total. The Kier molecular flexibility index (Phi) is 7.15. The van der Waals surface area contributed by atoms with E-state index in [4.69, 9.17) is 9.47 Å². The summed E-state index contributed by atoms with van der Waals surface area (Å²) < 4.78 is 39.1. The topological polar surface area (TPSA) is 93.7 Å². The molecule has 0 unspecified atom stereocenters. The minimum atomic E-state index is -3.97. The van der Waals surface area contributed by atoms with Gasteiger partial charge >= 0.3 is 0 Å². The van der Waals surface area contributed by atoms with Crippen molar-refractivity contribution in [2.45, 2.75) is 11.8 Å². The maximum Gasteiger partial charge on any atom is 0.265 e. The van der Waals surface area contributed by atoms with Gasteiger partial charge in [-0.05, 0) is 49.4 Å². The van der Waals surface area contributed by atoms with Crippen LogP contribution in [0.2, 0.25) is 0 Å². The van der Waals surface area contributed by atoms with Crippen molar-refractivity contribution < 1.29 is 22.7 Å². The molecule has 0 bridgehead atoms. The Morgan fingerprint density at radius 2 is 1.68 bits per heavy atom. The lowest BCUT2D eigenvalue weighted by molar-refractivity contribution is 0.0946. The van der Waals surface area contributed by atoms with Gasteiger partial charge in [-0.2, -0.15) is 0 Å². The number of carbonyl (C=O) groups is 1. The summed E-state index contributed by atoms with van der Waals surface area (Å²) in [5.41, 5.74) is 1.63. The van der Waals surface area contributed by atoms with Crippen LogP contribution in [-0.4, -0.2) is 34.6 Å². The van der Waals surface area contributed by atoms with Crippen molar-refractivity contribution in [2.24, 2.45) is 0 Å². The number of ether oxygens (including phenoxy) is 2. The number of aryl methyl sites for hydroxylation is 1. The second-order valence-electron chi connectivity index (χ2n) is 6.75. The third-order valence-corrected chi connectivity index (χ3v) is 5.82. The van der Waals surface area contributed by atoms with Crippen molar-refractivity contribution >= 4 is 21.6 Å². The van der Waals surface area contributed by atoms with E-state index in [1.807, 2.05) is 37.3 Å². The van der Waals surface area contributed by atoms with Crippen molar-refractivity contribution in [1.29, 1.82) is 0 Å². The van der Waals surface area contributed by atoms with Crippen molar-refractivity contribution in [3.05, 3.63) is 83.9 Å². The number of sulfonamides is 1. The van der Waals surface area contributed by atoms with Gasteiger partial charge in [-0.1, -0.05) is 35.9 Å². The Morgan fingerprint density at radius 1 is 0.968 bits per heavy atom. The Hall–Kier alpha value is -3.52. The first-order chi connectivity index (χ1) is 14.9. The third-order valence-electron chi connectivity index (χ3n) is 4.42. The molecule has 0 saturated carbocycles. The second-order valence-corrected chi connectivity index (χ2v) is 8.41. The van der Waals surface area contributed by atoms with Gasteiger partial charge in [-0.3, -0.25) is 9.52 Å². The van der Waals surface area contributed by atoms with Crippen LogP contribution in [0.15, 0.2) is 77.7 Å². The van der Waals surface area contributed by atoms with E-state index < -0.39 is 15.9 Å². The number of hydrogen-bond acceptors (Lipinski definition) is 5. The van der Waals surface area contributed by atoms with E-state index in [0.717, 1.165) is 5.56 Å². The van der Waals surface area contributed by atoms with Crippen molar-refractivity contribution in [2.75, 3.05) is 25.0 Å². The molecule has 8 heteroatoms. The average molecular weight is 441 g/mol. The van der Waals surface area contributed by atoms with Crippen molar-refractivity contribution in [1.82, 2.24) is 5.32 Å². The number of carbonyl (C=O) groups excluding carboxylic acids is 1. The number of methoxy groups -OCH3 is 1. The summed E-state index contributed by atoms with van der Waals surface area (Å²) in [6.07, 6.45) is 0. The number of anilines is 1. The fourth-order valence-corrected chi connectivity index (χ4v) is 4.07. The Morgan fingerprint density at radius 3 is 2.35 bits per heavy atom. The minimum absolute atomic E-state index is 0.122. The number of amides is 1. The van der Waals surface area contributed by atoms with Crippen LogP contribution in [0, 0.1) is 6.92 Å². The zero-order valence-corrected chi connectivity index (χ0v) is 18.1. The highest BCUT2D eigenvalue weighted by atomic mass is 32.2. The fraction of sp³-hybridized carbons (Fsp3) is 0.174. The molecule has 3 aromatic carbocycles. The van der Waals surface area contributed by atoms with Gasteiger partial charge in [0.2, 0.25) is 0 Å². The molecular formula is C23H24N2O5S. The molecule has 2 N–H and O–H groups in total. The molecule has 0 aliphatic rings. The molecule has 0 aliphatic heterocycles. The van der Waals surface area contributed by atoms with Crippen LogP contribution < -0.4 is 19.5 Å². The van der Waals surface area contributed by atoms with E-state index in [1.54, 1.807) is 24.3 Å². The number of rotatable bonds is 9. The maximum absolute atomic E-state index is 12.9. The van der Waals surface area contributed by atoms with Crippen LogP contribution in [0.25, 0.3) is 0 Å². The smallest absolute Gasteiger partial charge is 0.265 e. The lowest BCUT2D eigenvalue weighted by atomic mass is 10.2. The highest BCUT2D eigenvalue weighted by molar-refractivity contribution is 7.92. The van der Waals surface area contributed by atoms with E-state index >= 15 is 0 Å². The molecule has 0 spiro atoms. The van der Waals surface area contributed by atoms with Gasteiger partial charge < -0.3 is 14.8 Å². The minimum Gasteiger partial charge on any atom is -0.495 e. The van der Waals surface area contributed by atoms with Crippen LogP contribution in [0.5, 0.6) is 11.5 Å². The van der Waals surface area contributed by atoms with Gasteiger partial charge in [-0.15, -0.1) is 0 Å². The SMILES string of the molecule is COc1ccc(C(=O)NCCOc2ccccc2)cc1S(=O)(=O)Nc1ccc(C)cc1. The molecule has 0 radical (unpaired) electrons. The quantitative estimate of drug-likeness (QED) is 0.496. The van der Waals surface area contributed by atoms with Crippen LogP contribution in [0.4, 0.5) is 5.69 Å². The highest BCUT2D eigenvalue weighted by Crippen LogP contribution is 2.27. The molecule has 3 rings (SSSR count). The fourth-order valence-electron chi connectivity index (χ4n) is 2.81. The summed E-state index contributed by atoms with van der Waals surface area (Å²) in [4.78, 5) is 12.4. The van der Waals surface area contributed by atoms with E-state index in [2.05, 4.69) is 10.0 Å². The molecule has 3 aromatic rings. The van der Waals surface area contributed by atoms with Crippen molar-refractivity contribution in [3.8, 4) is 11.5 Å². The number of nitrogens with one attached hydrogen (secondary N) is 2. The maximum atomic E-state index is 12.9. The summed E-state index contributed by atoms with van der Waals surface area (Å²) >= 11 is 0. The number of para-hydroxylation sites is 1. The molecule has 0 aliphatic carbocycles. The molecule has 1 amide bonds. The number of hydrogen-bond donors (Lipinski definition) is 2. The molecule has 162 valence electrons. The summed E-state index contributed by atoms with van der Waals surface area (Å²) in [6, 6.07) is 20.5. The predicted octanol–water partition coefficient (Wildman–Crippen LogP) is 3.61. The van der Waals surface area contributed by atoms with E-state index in [-0.39, 0.29) is 29.4 Å². The lowest BCUT2D eigenvalue weighted by Crippen LogP contribution is -2.28. The average Bonchev–Trinajstić information content (AvgIpc) is 2.78. The van der Waals surface area contributed by atoms with Gasteiger partial charge in [0.25, 0.3) is 15.9 Å². The Balaban J connectivity index is 1.70. The van der Waals surface area contributed by atoms with Gasteiger partial charge in [0, 0.05) is 11.3 Å². The first kappa shape index (κ1) is 22.2. The highest BCUT2D eigenvalue weighted by Gasteiger charge is 2.22. The summed E-state index contributed by atoms with van der Waals surface area (Å²) in [5, 5.41) is 2.72. The van der Waals surface area contributed by atoms with Crippen LogP contribution in [-0.2, 0) is 10.0 Å². The predicted molar refractivity (Wildman–Crippen MR) is 119 cm³/mol. The summed E-state index contributed by atoms with van der Waals surface area (Å²) in [6.45, 7) is 2.46. The van der Waals surface area contributed by atoms with Gasteiger partial charge in [0.15, 0.2) is 0 Å². The lowest BCUT2D eigenvalue weighted by Gasteiger charge is -2.13. The monoisotopic (exact) mass is 440 g/mol. The molecule has 0 aromatic heterocycles. The van der Waals surface area contributed by atoms with Crippen LogP contribution >= 0.6 is 0 Å². The normalized spacial score (nSPS) is 10.9. The molecule has 0 atom stereocenters. The standard InChI is InChI=1S/C23H24N2O5S/c1-17-8-11-19(12-9-17)25-31(27,28)22-16-18(10-13-21(22)29-2)23(26)24-14-15-30-20-6-4-3-5-7-20/h3-13,16,25H,14-15H2,1-2H3,(H,24,26). The Labute approximate surface area is 182 Å². The third kappa shape index (κ3) is 5.99. The van der Waals surface area contributed by atoms with Crippen LogP contribution in [0.3, 0.4) is 0 Å². The first-order valence-electron chi connectivity index (χ1n) is 9.62. The molecular weight excluding hydrogens is 416 g/mol. The van der Waals surface area contributed by atoms with Gasteiger partial charge in [-0.25, -0.2) is 8.42 Å². The first-order valence-corrected chi connectivity index (χ1v) is 11.1. The Bertz CT molecular complexity index is 1130. The van der Waals surface area contributed by atoms with E-state index in [0.29, 0.717) is 11.4 Å². The summed E-state index contributed by atoms with van der Waals surface area (Å²) in [7, 11) is -2.59. The second kappa shape index (κ2) is 9.99. The zero-order chi connectivity index (χ0) is 22.3. The van der Waals surface area contributed by atoms with Crippen LogP contribution in [0.1, 0.15) is 15.9 Å². The molecule has 31 heavy (non-hydrogen) atoms. The summed E-state index contributed by atoms with van der Waals surface area (Å²) in [5.74, 6) is 0.437.